The fourth-order valence-electron chi connectivity index (χ4n) is 1.47. The van der Waals surface area contributed by atoms with Crippen molar-refractivity contribution in [3.8, 4) is 0 Å². The normalized spacial score (nSPS) is 15.2. The first kappa shape index (κ1) is 13.2. The summed E-state index contributed by atoms with van der Waals surface area (Å²) in [4.78, 5) is 4.29. The summed E-state index contributed by atoms with van der Waals surface area (Å²) in [6, 6.07) is 9.61. The number of benzene rings is 1. The Labute approximate surface area is 103 Å². The molecule has 0 aliphatic carbocycles. The molecule has 3 heteroatoms. The van der Waals surface area contributed by atoms with Gasteiger partial charge < -0.3 is 11.5 Å². The van der Waals surface area contributed by atoms with Crippen LogP contribution in [0, 0.1) is 0 Å². The van der Waals surface area contributed by atoms with Crippen molar-refractivity contribution in [3.63, 3.8) is 0 Å². The minimum absolute atomic E-state index is 0.420. The van der Waals surface area contributed by atoms with E-state index in [0.717, 1.165) is 11.1 Å². The molecule has 0 radical (unpaired) electrons. The van der Waals surface area contributed by atoms with Crippen molar-refractivity contribution in [1.82, 2.24) is 0 Å². The molecule has 0 saturated carbocycles. The summed E-state index contributed by atoms with van der Waals surface area (Å²) in [6.07, 6.45) is 5.39. The molecule has 90 valence electrons. The van der Waals surface area contributed by atoms with Crippen LogP contribution in [-0.2, 0) is 0 Å². The first-order chi connectivity index (χ1) is 8.19. The maximum Gasteiger partial charge on any atom is 0.127 e. The largest absolute Gasteiger partial charge is 0.383 e. The molecule has 4 N–H and O–H groups in total. The topological polar surface area (TPSA) is 64.4 Å². The lowest BCUT2D eigenvalue weighted by Crippen LogP contribution is -2.25. The van der Waals surface area contributed by atoms with E-state index < -0.39 is 6.17 Å². The fourth-order valence-corrected chi connectivity index (χ4v) is 1.47. The van der Waals surface area contributed by atoms with E-state index in [0.29, 0.717) is 5.84 Å². The maximum atomic E-state index is 5.97. The van der Waals surface area contributed by atoms with E-state index in [1.807, 2.05) is 62.4 Å². The monoisotopic (exact) mass is 229 g/mol. The van der Waals surface area contributed by atoms with Crippen LogP contribution in [0.15, 0.2) is 59.1 Å². The zero-order chi connectivity index (χ0) is 12.7. The molecule has 0 saturated heterocycles. The molecule has 1 aromatic rings. The van der Waals surface area contributed by atoms with Crippen LogP contribution in [0.1, 0.15) is 19.4 Å². The van der Waals surface area contributed by atoms with E-state index in [-0.39, 0.29) is 0 Å². The Bertz CT molecular complexity index is 430. The summed E-state index contributed by atoms with van der Waals surface area (Å²) in [5.41, 5.74) is 13.7. The molecular weight excluding hydrogens is 210 g/mol. The Hall–Kier alpha value is -1.87. The van der Waals surface area contributed by atoms with Crippen molar-refractivity contribution < 1.29 is 0 Å². The second-order valence-electron chi connectivity index (χ2n) is 3.61. The van der Waals surface area contributed by atoms with Gasteiger partial charge in [0.25, 0.3) is 0 Å². The molecule has 0 aromatic heterocycles. The molecule has 1 atom stereocenters. The molecule has 1 rings (SSSR count). The van der Waals surface area contributed by atoms with Gasteiger partial charge in [0.05, 0.1) is 0 Å². The number of allylic oxidation sites excluding steroid dienone is 2. The van der Waals surface area contributed by atoms with E-state index in [4.69, 9.17) is 11.5 Å². The molecule has 0 amide bonds. The number of nitrogens with two attached hydrogens (primary N) is 2. The smallest absolute Gasteiger partial charge is 0.127 e. The summed E-state index contributed by atoms with van der Waals surface area (Å²) in [5.74, 6) is 0.460. The van der Waals surface area contributed by atoms with Gasteiger partial charge in [-0.1, -0.05) is 48.6 Å². The van der Waals surface area contributed by atoms with E-state index >= 15 is 0 Å². The molecule has 0 spiro atoms. The molecule has 0 aliphatic heterocycles. The lowest BCUT2D eigenvalue weighted by atomic mass is 10.1. The Morgan fingerprint density at radius 3 is 2.41 bits per heavy atom. The predicted molar refractivity (Wildman–Crippen MR) is 73.7 cm³/mol. The minimum atomic E-state index is -0.420. The predicted octanol–water partition coefficient (Wildman–Crippen LogP) is 2.20. The summed E-state index contributed by atoms with van der Waals surface area (Å²) < 4.78 is 0. The van der Waals surface area contributed by atoms with Crippen molar-refractivity contribution in [3.05, 3.63) is 59.7 Å². The third-order valence-electron chi connectivity index (χ3n) is 2.38. The van der Waals surface area contributed by atoms with Crippen LogP contribution in [0.4, 0.5) is 0 Å². The third kappa shape index (κ3) is 3.89. The van der Waals surface area contributed by atoms with Crippen LogP contribution in [0.3, 0.4) is 0 Å². The highest BCUT2D eigenvalue weighted by Crippen LogP contribution is 2.06. The Morgan fingerprint density at radius 2 is 1.88 bits per heavy atom. The molecule has 0 aliphatic rings. The van der Waals surface area contributed by atoms with Gasteiger partial charge in [0.1, 0.15) is 12.0 Å². The Balaban J connectivity index is 2.89. The quantitative estimate of drug-likeness (QED) is 0.472. The standard InChI is InChI=1S/C14H19N3/c1-3-8-11(4-2)13(15)17-14(16)12-9-6-5-7-10-12/h3-10,13H,15H2,1-2H3,(H2,16,17)/b8-3-,11-4+. The number of hydrogen-bond donors (Lipinski definition) is 2. The molecule has 0 fully saturated rings. The van der Waals surface area contributed by atoms with Gasteiger partial charge in [0.2, 0.25) is 0 Å². The van der Waals surface area contributed by atoms with Gasteiger partial charge in [-0.25, -0.2) is 4.99 Å². The van der Waals surface area contributed by atoms with Gasteiger partial charge in [0.15, 0.2) is 0 Å². The number of hydrogen-bond acceptors (Lipinski definition) is 2. The van der Waals surface area contributed by atoms with E-state index in [9.17, 15) is 0 Å². The molecule has 1 aromatic carbocycles. The average molecular weight is 229 g/mol. The highest BCUT2D eigenvalue weighted by molar-refractivity contribution is 5.97. The van der Waals surface area contributed by atoms with Crippen molar-refractivity contribution in [2.24, 2.45) is 16.5 Å². The van der Waals surface area contributed by atoms with E-state index in [1.165, 1.54) is 0 Å². The van der Waals surface area contributed by atoms with Gasteiger partial charge in [-0.2, -0.15) is 0 Å². The minimum Gasteiger partial charge on any atom is -0.383 e. The molecule has 0 bridgehead atoms. The van der Waals surface area contributed by atoms with Crippen LogP contribution in [0.5, 0.6) is 0 Å². The first-order valence-corrected chi connectivity index (χ1v) is 5.62. The van der Waals surface area contributed by atoms with Crippen LogP contribution in [-0.4, -0.2) is 12.0 Å². The number of amidine groups is 1. The van der Waals surface area contributed by atoms with Crippen LogP contribution in [0.2, 0.25) is 0 Å². The molecule has 1 unspecified atom stereocenters. The van der Waals surface area contributed by atoms with Gasteiger partial charge in [-0.3, -0.25) is 0 Å². The Kier molecular flexibility index (Phi) is 5.17. The fraction of sp³-hybridized carbons (Fsp3) is 0.214. The highest BCUT2D eigenvalue weighted by atomic mass is 15.0. The number of rotatable bonds is 4. The lowest BCUT2D eigenvalue weighted by molar-refractivity contribution is 0.836. The number of nitrogens with zero attached hydrogens (tertiary/aromatic N) is 1. The summed E-state index contributed by atoms with van der Waals surface area (Å²) in [6.45, 7) is 3.88. The lowest BCUT2D eigenvalue weighted by Gasteiger charge is -2.09. The molecular formula is C14H19N3. The summed E-state index contributed by atoms with van der Waals surface area (Å²) in [5, 5.41) is 0. The SMILES string of the molecule is C/C=C\C(=C/C)C(N)/N=C(\N)c1ccccc1. The van der Waals surface area contributed by atoms with Gasteiger partial charge in [-0.05, 0) is 19.4 Å². The zero-order valence-corrected chi connectivity index (χ0v) is 10.3. The van der Waals surface area contributed by atoms with Crippen LogP contribution in [0.25, 0.3) is 0 Å². The third-order valence-corrected chi connectivity index (χ3v) is 2.38. The summed E-state index contributed by atoms with van der Waals surface area (Å²) in [7, 11) is 0. The van der Waals surface area contributed by atoms with Crippen molar-refractivity contribution in [1.29, 1.82) is 0 Å². The second kappa shape index (κ2) is 6.66. The highest BCUT2D eigenvalue weighted by Gasteiger charge is 2.05. The first-order valence-electron chi connectivity index (χ1n) is 5.62. The van der Waals surface area contributed by atoms with Gasteiger partial charge in [-0.15, -0.1) is 0 Å². The van der Waals surface area contributed by atoms with Crippen molar-refractivity contribution >= 4 is 5.84 Å². The summed E-state index contributed by atoms with van der Waals surface area (Å²) >= 11 is 0. The van der Waals surface area contributed by atoms with Crippen LogP contribution >= 0.6 is 0 Å². The van der Waals surface area contributed by atoms with E-state index in [1.54, 1.807) is 0 Å². The molecule has 0 heterocycles. The van der Waals surface area contributed by atoms with Crippen molar-refractivity contribution in [2.75, 3.05) is 0 Å². The second-order valence-corrected chi connectivity index (χ2v) is 3.61. The van der Waals surface area contributed by atoms with E-state index in [2.05, 4.69) is 4.99 Å². The Morgan fingerprint density at radius 1 is 1.24 bits per heavy atom. The van der Waals surface area contributed by atoms with Gasteiger partial charge >= 0.3 is 0 Å². The number of aliphatic imine (C=N–C) groups is 1. The average Bonchev–Trinajstić information content (AvgIpc) is 2.36. The zero-order valence-electron chi connectivity index (χ0n) is 10.3. The van der Waals surface area contributed by atoms with Crippen molar-refractivity contribution in [2.45, 2.75) is 20.0 Å². The molecule has 17 heavy (non-hydrogen) atoms. The molecule has 3 nitrogen and oxygen atoms in total. The van der Waals surface area contributed by atoms with Gasteiger partial charge in [0, 0.05) is 5.56 Å². The van der Waals surface area contributed by atoms with Crippen LogP contribution < -0.4 is 11.5 Å². The maximum absolute atomic E-state index is 5.97.